The fourth-order valence-electron chi connectivity index (χ4n) is 3.10. The molecule has 0 bridgehead atoms. The van der Waals surface area contributed by atoms with E-state index >= 15 is 0 Å². The van der Waals surface area contributed by atoms with Crippen molar-refractivity contribution < 1.29 is 14.1 Å². The predicted molar refractivity (Wildman–Crippen MR) is 120 cm³/mol. The van der Waals surface area contributed by atoms with Crippen molar-refractivity contribution in [3.8, 4) is 22.7 Å². The maximum absolute atomic E-state index is 13.1. The topological polar surface area (TPSA) is 95.1 Å². The lowest BCUT2D eigenvalue weighted by molar-refractivity contribution is 0.0950. The number of aromatic nitrogens is 4. The number of methoxy groups -OCH3 is 1. The molecule has 4 rings (SSSR count). The molecule has 0 radical (unpaired) electrons. The minimum Gasteiger partial charge on any atom is -0.497 e. The number of ether oxygens (including phenoxy) is 1. The van der Waals surface area contributed by atoms with Crippen molar-refractivity contribution in [2.75, 3.05) is 7.11 Å². The highest BCUT2D eigenvalue weighted by molar-refractivity contribution is 5.99. The van der Waals surface area contributed by atoms with Crippen molar-refractivity contribution >= 4 is 5.91 Å². The average Bonchev–Trinajstić information content (AvgIpc) is 3.46. The number of carbonyl (C=O) groups excluding carboxylic acids is 1. The summed E-state index contributed by atoms with van der Waals surface area (Å²) in [6, 6.07) is 17.1. The Hall–Kier alpha value is -3.94. The van der Waals surface area contributed by atoms with Gasteiger partial charge in [-0.2, -0.15) is 10.1 Å². The smallest absolute Gasteiger partial charge is 0.255 e. The minimum absolute atomic E-state index is 0.150. The standard InChI is InChI=1S/C24H25N5O3/c1-24(2,3)23-26-20(28-32-23)14-25-22(30)19-15-29(17-8-6-5-7-9-17)27-21(19)16-10-12-18(31-4)13-11-16/h5-13,15H,14H2,1-4H3,(H,25,30). The summed E-state index contributed by atoms with van der Waals surface area (Å²) < 4.78 is 12.2. The zero-order valence-electron chi connectivity index (χ0n) is 18.5. The second-order valence-electron chi connectivity index (χ2n) is 8.35. The van der Waals surface area contributed by atoms with Gasteiger partial charge >= 0.3 is 0 Å². The Morgan fingerprint density at radius 2 is 1.81 bits per heavy atom. The molecule has 0 aliphatic heterocycles. The Morgan fingerprint density at radius 3 is 2.44 bits per heavy atom. The molecule has 8 heteroatoms. The first-order chi connectivity index (χ1) is 15.3. The molecule has 32 heavy (non-hydrogen) atoms. The molecule has 0 saturated heterocycles. The maximum atomic E-state index is 13.1. The number of nitrogens with one attached hydrogen (secondary N) is 1. The Bertz CT molecular complexity index is 1200. The number of amides is 1. The zero-order valence-corrected chi connectivity index (χ0v) is 18.5. The monoisotopic (exact) mass is 431 g/mol. The summed E-state index contributed by atoms with van der Waals surface area (Å²) in [5.74, 6) is 1.40. The van der Waals surface area contributed by atoms with Crippen LogP contribution in [0.25, 0.3) is 16.9 Å². The van der Waals surface area contributed by atoms with Crippen molar-refractivity contribution in [3.05, 3.63) is 78.1 Å². The van der Waals surface area contributed by atoms with Crippen molar-refractivity contribution in [3.63, 3.8) is 0 Å². The average molecular weight is 431 g/mol. The number of nitrogens with zero attached hydrogens (tertiary/aromatic N) is 4. The van der Waals surface area contributed by atoms with E-state index in [9.17, 15) is 4.79 Å². The van der Waals surface area contributed by atoms with Crippen LogP contribution in [0, 0.1) is 0 Å². The van der Waals surface area contributed by atoms with E-state index in [1.165, 1.54) is 0 Å². The highest BCUT2D eigenvalue weighted by Gasteiger charge is 2.23. The van der Waals surface area contributed by atoms with E-state index in [1.807, 2.05) is 75.4 Å². The van der Waals surface area contributed by atoms with Gasteiger partial charge in [0.2, 0.25) is 5.89 Å². The van der Waals surface area contributed by atoms with E-state index in [4.69, 9.17) is 9.26 Å². The van der Waals surface area contributed by atoms with E-state index in [-0.39, 0.29) is 17.9 Å². The lowest BCUT2D eigenvalue weighted by Gasteiger charge is -2.10. The third kappa shape index (κ3) is 4.54. The van der Waals surface area contributed by atoms with Gasteiger partial charge in [0.1, 0.15) is 11.4 Å². The molecule has 2 aromatic heterocycles. The fraction of sp³-hybridized carbons (Fsp3) is 0.250. The number of benzene rings is 2. The van der Waals surface area contributed by atoms with E-state index < -0.39 is 0 Å². The van der Waals surface area contributed by atoms with E-state index in [0.29, 0.717) is 23.0 Å². The first-order valence-electron chi connectivity index (χ1n) is 10.3. The first-order valence-corrected chi connectivity index (χ1v) is 10.3. The molecule has 2 heterocycles. The van der Waals surface area contributed by atoms with Crippen LogP contribution in [0.4, 0.5) is 0 Å². The SMILES string of the molecule is COc1ccc(-c2nn(-c3ccccc3)cc2C(=O)NCc2noc(C(C)(C)C)n2)cc1. The molecule has 0 fully saturated rings. The molecule has 0 spiro atoms. The fourth-order valence-corrected chi connectivity index (χ4v) is 3.10. The van der Waals surface area contributed by atoms with Crippen molar-refractivity contribution in [2.24, 2.45) is 0 Å². The number of para-hydroxylation sites is 1. The highest BCUT2D eigenvalue weighted by Crippen LogP contribution is 2.26. The Kier molecular flexibility index (Phi) is 5.77. The molecule has 1 N–H and O–H groups in total. The van der Waals surface area contributed by atoms with Crippen molar-refractivity contribution in [1.82, 2.24) is 25.2 Å². The van der Waals surface area contributed by atoms with Gasteiger partial charge in [-0.1, -0.05) is 44.1 Å². The molecule has 0 saturated carbocycles. The molecule has 0 aliphatic rings. The van der Waals surface area contributed by atoms with Gasteiger partial charge in [-0.15, -0.1) is 0 Å². The number of hydrogen-bond acceptors (Lipinski definition) is 6. The summed E-state index contributed by atoms with van der Waals surface area (Å²) in [5, 5.41) is 11.5. The molecule has 2 aromatic carbocycles. The second-order valence-corrected chi connectivity index (χ2v) is 8.35. The van der Waals surface area contributed by atoms with Gasteiger partial charge in [0.15, 0.2) is 5.82 Å². The van der Waals surface area contributed by atoms with Crippen LogP contribution in [0.2, 0.25) is 0 Å². The Balaban J connectivity index is 1.62. The molecule has 1 amide bonds. The van der Waals surface area contributed by atoms with Crippen LogP contribution in [-0.2, 0) is 12.0 Å². The Labute approximate surface area is 186 Å². The third-order valence-corrected chi connectivity index (χ3v) is 4.86. The lowest BCUT2D eigenvalue weighted by atomic mass is 9.97. The van der Waals surface area contributed by atoms with Crippen LogP contribution in [-0.4, -0.2) is 32.9 Å². The summed E-state index contributed by atoms with van der Waals surface area (Å²) in [6.07, 6.45) is 1.72. The highest BCUT2D eigenvalue weighted by atomic mass is 16.5. The normalized spacial score (nSPS) is 11.4. The van der Waals surface area contributed by atoms with Gasteiger partial charge in [0.05, 0.1) is 24.9 Å². The van der Waals surface area contributed by atoms with Crippen LogP contribution >= 0.6 is 0 Å². The van der Waals surface area contributed by atoms with Gasteiger partial charge in [-0.3, -0.25) is 4.79 Å². The van der Waals surface area contributed by atoms with Gasteiger partial charge in [0.25, 0.3) is 5.91 Å². The molecule has 0 aliphatic carbocycles. The number of carbonyl (C=O) groups is 1. The van der Waals surface area contributed by atoms with E-state index in [2.05, 4.69) is 20.6 Å². The molecular formula is C24H25N5O3. The van der Waals surface area contributed by atoms with Crippen LogP contribution in [0.1, 0.15) is 42.8 Å². The summed E-state index contributed by atoms with van der Waals surface area (Å²) in [6.45, 7) is 6.11. The van der Waals surface area contributed by atoms with Crippen LogP contribution in [0.5, 0.6) is 5.75 Å². The van der Waals surface area contributed by atoms with Crippen molar-refractivity contribution in [1.29, 1.82) is 0 Å². The summed E-state index contributed by atoms with van der Waals surface area (Å²) >= 11 is 0. The van der Waals surface area contributed by atoms with Crippen LogP contribution in [0.15, 0.2) is 65.3 Å². The molecule has 0 atom stereocenters. The third-order valence-electron chi connectivity index (χ3n) is 4.86. The molecule has 164 valence electrons. The van der Waals surface area contributed by atoms with Gasteiger partial charge in [-0.05, 0) is 36.4 Å². The van der Waals surface area contributed by atoms with E-state index in [1.54, 1.807) is 18.0 Å². The largest absolute Gasteiger partial charge is 0.497 e. The van der Waals surface area contributed by atoms with Crippen LogP contribution < -0.4 is 10.1 Å². The number of hydrogen-bond donors (Lipinski definition) is 1. The van der Waals surface area contributed by atoms with Gasteiger partial charge < -0.3 is 14.6 Å². The molecule has 4 aromatic rings. The quantitative estimate of drug-likeness (QED) is 0.493. The lowest BCUT2D eigenvalue weighted by Crippen LogP contribution is -2.23. The predicted octanol–water partition coefficient (Wildman–Crippen LogP) is 4.16. The summed E-state index contributed by atoms with van der Waals surface area (Å²) in [7, 11) is 1.61. The van der Waals surface area contributed by atoms with Crippen LogP contribution in [0.3, 0.4) is 0 Å². The maximum Gasteiger partial charge on any atom is 0.255 e. The van der Waals surface area contributed by atoms with Crippen molar-refractivity contribution in [2.45, 2.75) is 32.7 Å². The summed E-state index contributed by atoms with van der Waals surface area (Å²) in [4.78, 5) is 17.5. The zero-order chi connectivity index (χ0) is 22.7. The van der Waals surface area contributed by atoms with Gasteiger partial charge in [-0.25, -0.2) is 4.68 Å². The second kappa shape index (κ2) is 8.66. The molecular weight excluding hydrogens is 406 g/mol. The first kappa shape index (κ1) is 21.3. The Morgan fingerprint density at radius 1 is 1.09 bits per heavy atom. The molecule has 0 unspecified atom stereocenters. The van der Waals surface area contributed by atoms with E-state index in [0.717, 1.165) is 17.0 Å². The molecule has 8 nitrogen and oxygen atoms in total. The summed E-state index contributed by atoms with van der Waals surface area (Å²) in [5.41, 5.74) is 2.42. The number of rotatable bonds is 6. The van der Waals surface area contributed by atoms with Gasteiger partial charge in [0, 0.05) is 17.2 Å². The minimum atomic E-state index is -0.278.